The highest BCUT2D eigenvalue weighted by Gasteiger charge is 2.20. The molecular formula is C12H25NO2. The number of hydrogen-bond donors (Lipinski definition) is 1. The van der Waals surface area contributed by atoms with Gasteiger partial charge in [-0.3, -0.25) is 0 Å². The number of ether oxygens (including phenoxy) is 2. The Kier molecular flexibility index (Phi) is 6.98. The van der Waals surface area contributed by atoms with E-state index in [1.54, 1.807) is 0 Å². The molecule has 2 unspecified atom stereocenters. The van der Waals surface area contributed by atoms with Crippen molar-refractivity contribution in [2.45, 2.75) is 57.6 Å². The van der Waals surface area contributed by atoms with Gasteiger partial charge in [0, 0.05) is 12.6 Å². The summed E-state index contributed by atoms with van der Waals surface area (Å²) < 4.78 is 11.1. The first-order chi connectivity index (χ1) is 7.34. The van der Waals surface area contributed by atoms with E-state index in [1.165, 1.54) is 19.3 Å². The van der Waals surface area contributed by atoms with E-state index in [-0.39, 0.29) is 12.1 Å². The normalized spacial score (nSPS) is 27.6. The van der Waals surface area contributed by atoms with Crippen LogP contribution in [0.2, 0.25) is 0 Å². The minimum atomic E-state index is 0.235. The standard InChI is InChI=1S/C12H25NO2/c1-2-8-14-9-10-15-12-7-5-3-4-6-11(12)13/h11-12H,2-10,13H2,1H3. The predicted molar refractivity (Wildman–Crippen MR) is 61.9 cm³/mol. The number of hydrogen-bond acceptors (Lipinski definition) is 3. The van der Waals surface area contributed by atoms with Gasteiger partial charge in [-0.05, 0) is 19.3 Å². The molecule has 1 aliphatic carbocycles. The van der Waals surface area contributed by atoms with Gasteiger partial charge < -0.3 is 15.2 Å². The molecule has 1 aliphatic rings. The maximum Gasteiger partial charge on any atom is 0.0727 e. The molecule has 0 radical (unpaired) electrons. The third kappa shape index (κ3) is 5.50. The molecule has 2 N–H and O–H groups in total. The van der Waals surface area contributed by atoms with Gasteiger partial charge in [-0.15, -0.1) is 0 Å². The Bertz CT molecular complexity index is 153. The molecule has 0 aromatic rings. The first-order valence-electron chi connectivity index (χ1n) is 6.29. The fourth-order valence-corrected chi connectivity index (χ4v) is 2.01. The van der Waals surface area contributed by atoms with Gasteiger partial charge in [-0.1, -0.05) is 26.2 Å². The van der Waals surface area contributed by atoms with E-state index in [1.807, 2.05) is 0 Å². The van der Waals surface area contributed by atoms with Gasteiger partial charge in [0.15, 0.2) is 0 Å². The Balaban J connectivity index is 2.07. The molecule has 1 saturated carbocycles. The molecule has 0 aromatic heterocycles. The van der Waals surface area contributed by atoms with Gasteiger partial charge in [-0.25, -0.2) is 0 Å². The van der Waals surface area contributed by atoms with Gasteiger partial charge in [0.2, 0.25) is 0 Å². The first-order valence-corrected chi connectivity index (χ1v) is 6.29. The molecule has 0 aliphatic heterocycles. The average molecular weight is 215 g/mol. The molecule has 3 nitrogen and oxygen atoms in total. The summed E-state index contributed by atoms with van der Waals surface area (Å²) in [5.74, 6) is 0. The summed E-state index contributed by atoms with van der Waals surface area (Å²) in [6, 6.07) is 0.235. The highest BCUT2D eigenvalue weighted by molar-refractivity contribution is 4.76. The second-order valence-electron chi connectivity index (χ2n) is 4.32. The SMILES string of the molecule is CCCOCCOC1CCCCCC1N. The van der Waals surface area contributed by atoms with Crippen molar-refractivity contribution in [1.29, 1.82) is 0 Å². The van der Waals surface area contributed by atoms with Crippen LogP contribution in [0.25, 0.3) is 0 Å². The minimum Gasteiger partial charge on any atom is -0.379 e. The topological polar surface area (TPSA) is 44.5 Å². The van der Waals surface area contributed by atoms with E-state index >= 15 is 0 Å². The van der Waals surface area contributed by atoms with Gasteiger partial charge in [0.05, 0.1) is 19.3 Å². The minimum absolute atomic E-state index is 0.235. The van der Waals surface area contributed by atoms with Crippen LogP contribution in [0.1, 0.15) is 45.4 Å². The number of rotatable bonds is 6. The van der Waals surface area contributed by atoms with Crippen LogP contribution in [0.3, 0.4) is 0 Å². The fraction of sp³-hybridized carbons (Fsp3) is 1.00. The van der Waals surface area contributed by atoms with E-state index in [9.17, 15) is 0 Å². The van der Waals surface area contributed by atoms with Crippen LogP contribution in [0.5, 0.6) is 0 Å². The van der Waals surface area contributed by atoms with Gasteiger partial charge in [-0.2, -0.15) is 0 Å². The average Bonchev–Trinajstić information content (AvgIpc) is 2.44. The van der Waals surface area contributed by atoms with E-state index in [4.69, 9.17) is 15.2 Å². The summed E-state index contributed by atoms with van der Waals surface area (Å²) in [4.78, 5) is 0. The molecule has 0 spiro atoms. The Morgan fingerprint density at radius 1 is 1.07 bits per heavy atom. The van der Waals surface area contributed by atoms with Gasteiger partial charge in [0.25, 0.3) is 0 Å². The third-order valence-electron chi connectivity index (χ3n) is 2.91. The van der Waals surface area contributed by atoms with Crippen LogP contribution in [-0.2, 0) is 9.47 Å². The quantitative estimate of drug-likeness (QED) is 0.545. The van der Waals surface area contributed by atoms with Crippen LogP contribution in [0.4, 0.5) is 0 Å². The second kappa shape index (κ2) is 8.08. The highest BCUT2D eigenvalue weighted by Crippen LogP contribution is 2.19. The van der Waals surface area contributed by atoms with Crippen molar-refractivity contribution in [2.24, 2.45) is 5.73 Å². The lowest BCUT2D eigenvalue weighted by Crippen LogP contribution is -2.36. The van der Waals surface area contributed by atoms with E-state index in [2.05, 4.69) is 6.92 Å². The van der Waals surface area contributed by atoms with Crippen molar-refractivity contribution < 1.29 is 9.47 Å². The third-order valence-corrected chi connectivity index (χ3v) is 2.91. The van der Waals surface area contributed by atoms with E-state index in [0.29, 0.717) is 13.2 Å². The summed E-state index contributed by atoms with van der Waals surface area (Å²) in [5, 5.41) is 0. The number of nitrogens with two attached hydrogens (primary N) is 1. The largest absolute Gasteiger partial charge is 0.379 e. The van der Waals surface area contributed by atoms with Crippen LogP contribution in [0.15, 0.2) is 0 Å². The van der Waals surface area contributed by atoms with E-state index in [0.717, 1.165) is 25.9 Å². The lowest BCUT2D eigenvalue weighted by Gasteiger charge is -2.21. The molecule has 0 aromatic carbocycles. The smallest absolute Gasteiger partial charge is 0.0727 e. The van der Waals surface area contributed by atoms with Gasteiger partial charge >= 0.3 is 0 Å². The molecule has 0 saturated heterocycles. The van der Waals surface area contributed by atoms with Crippen molar-refractivity contribution in [3.8, 4) is 0 Å². The Hall–Kier alpha value is -0.120. The molecule has 15 heavy (non-hydrogen) atoms. The van der Waals surface area contributed by atoms with Crippen molar-refractivity contribution in [2.75, 3.05) is 19.8 Å². The molecule has 1 rings (SSSR count). The fourth-order valence-electron chi connectivity index (χ4n) is 2.01. The maximum atomic E-state index is 6.05. The lowest BCUT2D eigenvalue weighted by molar-refractivity contribution is -0.00838. The molecule has 0 bridgehead atoms. The molecule has 3 heteroatoms. The summed E-state index contributed by atoms with van der Waals surface area (Å²) in [6.07, 6.45) is 7.39. The van der Waals surface area contributed by atoms with Gasteiger partial charge in [0.1, 0.15) is 0 Å². The summed E-state index contributed by atoms with van der Waals surface area (Å²) in [6.45, 7) is 4.34. The van der Waals surface area contributed by atoms with Crippen LogP contribution < -0.4 is 5.73 Å². The zero-order valence-corrected chi connectivity index (χ0v) is 9.91. The molecular weight excluding hydrogens is 190 g/mol. The molecule has 1 fully saturated rings. The highest BCUT2D eigenvalue weighted by atomic mass is 16.5. The summed E-state index contributed by atoms with van der Waals surface area (Å²) in [5.41, 5.74) is 6.05. The van der Waals surface area contributed by atoms with Crippen LogP contribution >= 0.6 is 0 Å². The Morgan fingerprint density at radius 2 is 1.87 bits per heavy atom. The summed E-state index contributed by atoms with van der Waals surface area (Å²) >= 11 is 0. The van der Waals surface area contributed by atoms with E-state index < -0.39 is 0 Å². The van der Waals surface area contributed by atoms with Crippen molar-refractivity contribution in [3.05, 3.63) is 0 Å². The summed E-state index contributed by atoms with van der Waals surface area (Å²) in [7, 11) is 0. The Labute approximate surface area is 93.3 Å². The van der Waals surface area contributed by atoms with Crippen molar-refractivity contribution >= 4 is 0 Å². The van der Waals surface area contributed by atoms with Crippen LogP contribution in [0, 0.1) is 0 Å². The zero-order valence-electron chi connectivity index (χ0n) is 9.91. The van der Waals surface area contributed by atoms with Crippen molar-refractivity contribution in [1.82, 2.24) is 0 Å². The molecule has 0 heterocycles. The molecule has 2 atom stereocenters. The zero-order chi connectivity index (χ0) is 10.9. The Morgan fingerprint density at radius 3 is 2.67 bits per heavy atom. The first kappa shape index (κ1) is 12.9. The predicted octanol–water partition coefficient (Wildman–Crippen LogP) is 2.09. The lowest BCUT2D eigenvalue weighted by atomic mass is 10.1. The maximum absolute atomic E-state index is 6.05. The second-order valence-corrected chi connectivity index (χ2v) is 4.32. The van der Waals surface area contributed by atoms with Crippen molar-refractivity contribution in [3.63, 3.8) is 0 Å². The van der Waals surface area contributed by atoms with Crippen LogP contribution in [-0.4, -0.2) is 32.0 Å². The molecule has 0 amide bonds. The monoisotopic (exact) mass is 215 g/mol. The molecule has 90 valence electrons.